The van der Waals surface area contributed by atoms with Crippen molar-refractivity contribution in [3.63, 3.8) is 0 Å². The van der Waals surface area contributed by atoms with Crippen LogP contribution in [0.5, 0.6) is 0 Å². The maximum absolute atomic E-state index is 13.2. The Bertz CT molecular complexity index is 958. The van der Waals surface area contributed by atoms with E-state index < -0.39 is 6.04 Å². The van der Waals surface area contributed by atoms with Crippen LogP contribution in [0.2, 0.25) is 20.1 Å². The lowest BCUT2D eigenvalue weighted by Crippen LogP contribution is -2.50. The van der Waals surface area contributed by atoms with Crippen LogP contribution in [0.4, 0.5) is 0 Å². The summed E-state index contributed by atoms with van der Waals surface area (Å²) in [7, 11) is 0. The van der Waals surface area contributed by atoms with Gasteiger partial charge < -0.3 is 10.2 Å². The number of benzene rings is 2. The zero-order chi connectivity index (χ0) is 23.8. The van der Waals surface area contributed by atoms with Gasteiger partial charge in [0.25, 0.3) is 0 Å². The number of nitrogens with one attached hydrogen (secondary N) is 1. The van der Waals surface area contributed by atoms with Gasteiger partial charge in [-0.15, -0.1) is 11.8 Å². The summed E-state index contributed by atoms with van der Waals surface area (Å²) in [5.74, 6) is 0.358. The van der Waals surface area contributed by atoms with Gasteiger partial charge in [0.2, 0.25) is 11.8 Å². The molecule has 0 saturated carbocycles. The molecule has 2 aromatic carbocycles. The van der Waals surface area contributed by atoms with Crippen LogP contribution in [0.15, 0.2) is 36.4 Å². The molecule has 0 aliphatic carbocycles. The van der Waals surface area contributed by atoms with E-state index in [2.05, 4.69) is 5.32 Å². The van der Waals surface area contributed by atoms with Crippen LogP contribution in [0, 0.1) is 0 Å². The highest BCUT2D eigenvalue weighted by Gasteiger charge is 2.27. The average Bonchev–Trinajstić information content (AvgIpc) is 2.74. The van der Waals surface area contributed by atoms with Crippen LogP contribution >= 0.6 is 58.2 Å². The predicted molar refractivity (Wildman–Crippen MR) is 137 cm³/mol. The maximum Gasteiger partial charge on any atom is 0.242 e. The van der Waals surface area contributed by atoms with Crippen LogP contribution in [-0.4, -0.2) is 34.6 Å². The van der Waals surface area contributed by atoms with E-state index in [1.807, 2.05) is 19.9 Å². The summed E-state index contributed by atoms with van der Waals surface area (Å²) >= 11 is 25.9. The van der Waals surface area contributed by atoms with Crippen molar-refractivity contribution in [2.45, 2.75) is 51.6 Å². The van der Waals surface area contributed by atoms with Crippen molar-refractivity contribution >= 4 is 70.0 Å². The van der Waals surface area contributed by atoms with E-state index in [0.717, 1.165) is 17.5 Å². The van der Waals surface area contributed by atoms with Crippen molar-refractivity contribution in [3.05, 3.63) is 67.6 Å². The molecule has 0 radical (unpaired) electrons. The van der Waals surface area contributed by atoms with Gasteiger partial charge in [-0.3, -0.25) is 9.59 Å². The number of hydrogen-bond donors (Lipinski definition) is 1. The number of hydrogen-bond acceptors (Lipinski definition) is 3. The zero-order valence-corrected chi connectivity index (χ0v) is 22.0. The molecule has 0 spiro atoms. The highest BCUT2D eigenvalue weighted by Crippen LogP contribution is 2.26. The molecule has 0 bridgehead atoms. The first-order valence-corrected chi connectivity index (χ1v) is 12.8. The predicted octanol–water partition coefficient (Wildman–Crippen LogP) is 6.87. The summed E-state index contributed by atoms with van der Waals surface area (Å²) in [5.41, 5.74) is 1.61. The lowest BCUT2D eigenvalue weighted by molar-refractivity contribution is -0.138. The SMILES string of the molecule is CC[C@H](C)NC(=O)[C@@H](C)N(Cc1ccc(Cl)cc1Cl)C(=O)CSCc1ccc(Cl)cc1Cl. The van der Waals surface area contributed by atoms with Crippen LogP contribution in [0.3, 0.4) is 0 Å². The molecule has 0 aromatic heterocycles. The maximum atomic E-state index is 13.2. The second-order valence-corrected chi connectivity index (χ2v) is 10.2. The topological polar surface area (TPSA) is 49.4 Å². The molecule has 0 fully saturated rings. The monoisotopic (exact) mass is 534 g/mol. The number of carbonyl (C=O) groups excluding carboxylic acids is 2. The van der Waals surface area contributed by atoms with E-state index >= 15 is 0 Å². The first-order valence-electron chi connectivity index (χ1n) is 10.2. The molecule has 32 heavy (non-hydrogen) atoms. The van der Waals surface area contributed by atoms with Gasteiger partial charge in [-0.1, -0.05) is 65.5 Å². The van der Waals surface area contributed by atoms with Crippen LogP contribution in [-0.2, 0) is 21.9 Å². The van der Waals surface area contributed by atoms with Gasteiger partial charge in [-0.25, -0.2) is 0 Å². The van der Waals surface area contributed by atoms with E-state index in [9.17, 15) is 9.59 Å². The Balaban J connectivity index is 2.14. The zero-order valence-electron chi connectivity index (χ0n) is 18.1. The van der Waals surface area contributed by atoms with E-state index in [1.165, 1.54) is 11.8 Å². The molecule has 2 amide bonds. The van der Waals surface area contributed by atoms with Crippen LogP contribution in [0.25, 0.3) is 0 Å². The lowest BCUT2D eigenvalue weighted by atomic mass is 10.1. The molecular formula is C23H26Cl4N2O2S. The Kier molecular flexibility index (Phi) is 11.0. The smallest absolute Gasteiger partial charge is 0.242 e. The Morgan fingerprint density at radius 3 is 2.06 bits per heavy atom. The first-order chi connectivity index (χ1) is 15.1. The van der Waals surface area contributed by atoms with E-state index in [0.29, 0.717) is 25.8 Å². The number of rotatable bonds is 10. The quantitative estimate of drug-likeness (QED) is 0.361. The normalized spacial score (nSPS) is 12.8. The second kappa shape index (κ2) is 13.0. The van der Waals surface area contributed by atoms with E-state index in [1.54, 1.807) is 42.2 Å². The van der Waals surface area contributed by atoms with Gasteiger partial charge in [0.15, 0.2) is 0 Å². The van der Waals surface area contributed by atoms with E-state index in [4.69, 9.17) is 46.4 Å². The van der Waals surface area contributed by atoms with Crippen LogP contribution < -0.4 is 5.32 Å². The summed E-state index contributed by atoms with van der Waals surface area (Å²) in [6, 6.07) is 9.75. The number of halogens is 4. The van der Waals surface area contributed by atoms with Crippen molar-refractivity contribution in [1.82, 2.24) is 10.2 Å². The van der Waals surface area contributed by atoms with Gasteiger partial charge in [-0.05, 0) is 55.7 Å². The summed E-state index contributed by atoms with van der Waals surface area (Å²) in [4.78, 5) is 27.5. The van der Waals surface area contributed by atoms with Crippen molar-refractivity contribution in [2.24, 2.45) is 0 Å². The van der Waals surface area contributed by atoms with E-state index in [-0.39, 0.29) is 30.2 Å². The number of amides is 2. The first kappa shape index (κ1) is 27.1. The molecule has 0 saturated heterocycles. The molecular weight excluding hydrogens is 510 g/mol. The summed E-state index contributed by atoms with van der Waals surface area (Å²) in [6.45, 7) is 5.84. The summed E-state index contributed by atoms with van der Waals surface area (Å²) in [5, 5.41) is 5.02. The third kappa shape index (κ3) is 8.03. The largest absolute Gasteiger partial charge is 0.352 e. The average molecular weight is 536 g/mol. The Labute approximate surface area is 213 Å². The van der Waals surface area contributed by atoms with Gasteiger partial charge in [0.05, 0.1) is 5.75 Å². The van der Waals surface area contributed by atoms with Crippen molar-refractivity contribution in [3.8, 4) is 0 Å². The van der Waals surface area contributed by atoms with Gasteiger partial charge >= 0.3 is 0 Å². The third-order valence-corrected chi connectivity index (χ3v) is 7.16. The number of nitrogens with zero attached hydrogens (tertiary/aromatic N) is 1. The highest BCUT2D eigenvalue weighted by molar-refractivity contribution is 7.99. The third-order valence-electron chi connectivity index (χ3n) is 5.02. The van der Waals surface area contributed by atoms with Gasteiger partial charge in [0.1, 0.15) is 6.04 Å². The molecule has 1 N–H and O–H groups in total. The molecule has 174 valence electrons. The standard InChI is InChI=1S/C23H26Cl4N2O2S/c1-4-14(2)28-23(31)15(3)29(11-16-5-7-18(24)9-20(16)26)22(30)13-32-12-17-6-8-19(25)10-21(17)27/h5-10,14-15H,4,11-13H2,1-3H3,(H,28,31)/t14-,15+/m0/s1. The minimum absolute atomic E-state index is 0.0162. The van der Waals surface area contributed by atoms with Gasteiger partial charge in [-0.2, -0.15) is 0 Å². The molecule has 2 rings (SSSR count). The highest BCUT2D eigenvalue weighted by atomic mass is 35.5. The molecule has 4 nitrogen and oxygen atoms in total. The Morgan fingerprint density at radius 1 is 0.969 bits per heavy atom. The fraction of sp³-hybridized carbons (Fsp3) is 0.391. The molecule has 2 aromatic rings. The van der Waals surface area contributed by atoms with Crippen molar-refractivity contribution in [2.75, 3.05) is 5.75 Å². The molecule has 0 aliphatic heterocycles. The number of carbonyl (C=O) groups is 2. The summed E-state index contributed by atoms with van der Waals surface area (Å²) < 4.78 is 0. The second-order valence-electron chi connectivity index (χ2n) is 7.48. The number of thioether (sulfide) groups is 1. The van der Waals surface area contributed by atoms with Crippen molar-refractivity contribution < 1.29 is 9.59 Å². The molecule has 0 heterocycles. The molecule has 0 aliphatic rings. The Hall–Kier alpha value is -1.11. The lowest BCUT2D eigenvalue weighted by Gasteiger charge is -2.30. The summed E-state index contributed by atoms with van der Waals surface area (Å²) in [6.07, 6.45) is 0.799. The van der Waals surface area contributed by atoms with Crippen LogP contribution in [0.1, 0.15) is 38.3 Å². The molecule has 2 atom stereocenters. The molecule has 0 unspecified atom stereocenters. The van der Waals surface area contributed by atoms with Gasteiger partial charge in [0, 0.05) is 38.4 Å². The fourth-order valence-electron chi connectivity index (χ4n) is 2.85. The van der Waals surface area contributed by atoms with Crippen molar-refractivity contribution in [1.29, 1.82) is 0 Å². The Morgan fingerprint density at radius 2 is 1.53 bits per heavy atom. The minimum atomic E-state index is -0.664. The molecule has 9 heteroatoms. The fourth-order valence-corrected chi connectivity index (χ4v) is 4.79. The minimum Gasteiger partial charge on any atom is -0.352 e.